The first kappa shape index (κ1) is 14.9. The fourth-order valence-electron chi connectivity index (χ4n) is 1.88. The predicted octanol–water partition coefficient (Wildman–Crippen LogP) is -1.30. The molecular weight excluding hydrogens is 260 g/mol. The Morgan fingerprint density at radius 3 is 2.61 bits per heavy atom. The van der Waals surface area contributed by atoms with Crippen LogP contribution in [0.5, 0.6) is 0 Å². The van der Waals surface area contributed by atoms with Gasteiger partial charge in [-0.2, -0.15) is 0 Å². The molecule has 1 aliphatic heterocycles. The molecule has 0 bridgehead atoms. The van der Waals surface area contributed by atoms with E-state index in [0.717, 1.165) is 0 Å². The SMILES string of the molecule is CCN(CC(=O)O)C(=O)CC1CS(=O)(=O)CCN1. The molecule has 7 nitrogen and oxygen atoms in total. The number of carbonyl (C=O) groups excluding carboxylic acids is 1. The maximum atomic E-state index is 11.8. The Labute approximate surface area is 106 Å². The average Bonchev–Trinajstić information content (AvgIpc) is 2.23. The van der Waals surface area contributed by atoms with Crippen LogP contribution in [0, 0.1) is 0 Å². The van der Waals surface area contributed by atoms with Gasteiger partial charge in [-0.25, -0.2) is 8.42 Å². The molecule has 1 amide bonds. The van der Waals surface area contributed by atoms with Crippen LogP contribution in [0.2, 0.25) is 0 Å². The van der Waals surface area contributed by atoms with Gasteiger partial charge in [0.05, 0.1) is 11.5 Å². The Morgan fingerprint density at radius 2 is 2.11 bits per heavy atom. The largest absolute Gasteiger partial charge is 0.480 e. The molecule has 104 valence electrons. The van der Waals surface area contributed by atoms with E-state index >= 15 is 0 Å². The van der Waals surface area contributed by atoms with Crippen LogP contribution in [-0.2, 0) is 19.4 Å². The Kier molecular flexibility index (Phi) is 5.09. The van der Waals surface area contributed by atoms with Crippen LogP contribution in [0.4, 0.5) is 0 Å². The molecule has 0 saturated carbocycles. The molecule has 8 heteroatoms. The number of nitrogens with one attached hydrogen (secondary N) is 1. The van der Waals surface area contributed by atoms with Crippen molar-refractivity contribution in [2.45, 2.75) is 19.4 Å². The number of likely N-dealkylation sites (N-methyl/N-ethyl adjacent to an activating group) is 1. The number of carboxylic acid groups (broad SMARTS) is 1. The lowest BCUT2D eigenvalue weighted by Gasteiger charge is -2.26. The number of amides is 1. The van der Waals surface area contributed by atoms with E-state index in [1.807, 2.05) is 0 Å². The maximum Gasteiger partial charge on any atom is 0.323 e. The highest BCUT2D eigenvalue weighted by Gasteiger charge is 2.27. The third-order valence-electron chi connectivity index (χ3n) is 2.78. The normalized spacial score (nSPS) is 22.4. The summed E-state index contributed by atoms with van der Waals surface area (Å²) in [6, 6.07) is -0.418. The lowest BCUT2D eigenvalue weighted by atomic mass is 10.2. The first-order valence-electron chi connectivity index (χ1n) is 5.77. The standard InChI is InChI=1S/C10H18N2O5S/c1-2-12(6-10(14)15)9(13)5-8-7-18(16,17)4-3-11-8/h8,11H,2-7H2,1H3,(H,14,15). The molecule has 1 saturated heterocycles. The number of carboxylic acids is 1. The van der Waals surface area contributed by atoms with Gasteiger partial charge in [0.15, 0.2) is 9.84 Å². The predicted molar refractivity (Wildman–Crippen MR) is 65.0 cm³/mol. The molecule has 1 rings (SSSR count). The van der Waals surface area contributed by atoms with Gasteiger partial charge >= 0.3 is 5.97 Å². The summed E-state index contributed by atoms with van der Waals surface area (Å²) in [5.41, 5.74) is 0. The first-order valence-corrected chi connectivity index (χ1v) is 7.59. The van der Waals surface area contributed by atoms with Gasteiger partial charge in [-0.05, 0) is 6.92 Å². The summed E-state index contributed by atoms with van der Waals surface area (Å²) in [6.07, 6.45) is 0.0142. The van der Waals surface area contributed by atoms with Gasteiger partial charge in [-0.3, -0.25) is 9.59 Å². The van der Waals surface area contributed by atoms with Crippen LogP contribution in [0.1, 0.15) is 13.3 Å². The molecule has 1 atom stereocenters. The van der Waals surface area contributed by atoms with E-state index in [2.05, 4.69) is 5.32 Å². The summed E-state index contributed by atoms with van der Waals surface area (Å²) in [7, 11) is -3.08. The number of aliphatic carboxylic acids is 1. The monoisotopic (exact) mass is 278 g/mol. The number of nitrogens with zero attached hydrogens (tertiary/aromatic N) is 1. The lowest BCUT2D eigenvalue weighted by Crippen LogP contribution is -2.48. The Hall–Kier alpha value is -1.15. The second-order valence-corrected chi connectivity index (χ2v) is 6.50. The highest BCUT2D eigenvalue weighted by molar-refractivity contribution is 7.91. The van der Waals surface area contributed by atoms with E-state index in [-0.39, 0.29) is 30.4 Å². The molecule has 0 spiro atoms. The number of rotatable bonds is 5. The molecule has 0 aromatic carbocycles. The zero-order valence-electron chi connectivity index (χ0n) is 10.3. The molecule has 1 heterocycles. The van der Waals surface area contributed by atoms with Gasteiger partial charge in [0.2, 0.25) is 5.91 Å². The molecule has 0 aliphatic carbocycles. The van der Waals surface area contributed by atoms with E-state index in [0.29, 0.717) is 13.1 Å². The summed E-state index contributed by atoms with van der Waals surface area (Å²) in [6.45, 7) is 1.97. The smallest absolute Gasteiger partial charge is 0.323 e. The van der Waals surface area contributed by atoms with Crippen LogP contribution < -0.4 is 5.32 Å². The van der Waals surface area contributed by atoms with Gasteiger partial charge in [0, 0.05) is 25.6 Å². The zero-order chi connectivity index (χ0) is 13.8. The maximum absolute atomic E-state index is 11.8. The van der Waals surface area contributed by atoms with Crippen LogP contribution in [0.15, 0.2) is 0 Å². The van der Waals surface area contributed by atoms with Gasteiger partial charge in [0.1, 0.15) is 6.54 Å². The summed E-state index contributed by atoms with van der Waals surface area (Å²) < 4.78 is 22.8. The fraction of sp³-hybridized carbons (Fsp3) is 0.800. The number of hydrogen-bond acceptors (Lipinski definition) is 5. The Bertz CT molecular complexity index is 420. The molecule has 0 radical (unpaired) electrons. The van der Waals surface area contributed by atoms with Crippen molar-refractivity contribution in [1.29, 1.82) is 0 Å². The third-order valence-corrected chi connectivity index (χ3v) is 4.52. The van der Waals surface area contributed by atoms with E-state index in [1.54, 1.807) is 6.92 Å². The second kappa shape index (κ2) is 6.14. The van der Waals surface area contributed by atoms with Crippen molar-refractivity contribution in [3.63, 3.8) is 0 Å². The van der Waals surface area contributed by atoms with E-state index in [4.69, 9.17) is 5.11 Å². The third kappa shape index (κ3) is 4.61. The van der Waals surface area contributed by atoms with E-state index < -0.39 is 21.8 Å². The van der Waals surface area contributed by atoms with Gasteiger partial charge in [-0.15, -0.1) is 0 Å². The van der Waals surface area contributed by atoms with Crippen LogP contribution in [-0.4, -0.2) is 67.5 Å². The van der Waals surface area contributed by atoms with Crippen molar-refractivity contribution in [3.8, 4) is 0 Å². The topological polar surface area (TPSA) is 104 Å². The molecule has 1 aliphatic rings. The first-order chi connectivity index (χ1) is 8.34. The highest BCUT2D eigenvalue weighted by Crippen LogP contribution is 2.07. The van der Waals surface area contributed by atoms with Crippen molar-refractivity contribution in [1.82, 2.24) is 10.2 Å². The molecule has 0 aromatic rings. The van der Waals surface area contributed by atoms with Crippen LogP contribution in [0.25, 0.3) is 0 Å². The van der Waals surface area contributed by atoms with Crippen molar-refractivity contribution in [2.75, 3.05) is 31.1 Å². The highest BCUT2D eigenvalue weighted by atomic mass is 32.2. The van der Waals surface area contributed by atoms with Crippen molar-refractivity contribution >= 4 is 21.7 Å². The molecule has 1 fully saturated rings. The fourth-order valence-corrected chi connectivity index (χ4v) is 3.32. The summed E-state index contributed by atoms with van der Waals surface area (Å²) in [4.78, 5) is 23.6. The second-order valence-electron chi connectivity index (χ2n) is 4.27. The zero-order valence-corrected chi connectivity index (χ0v) is 11.1. The molecular formula is C10H18N2O5S. The Morgan fingerprint density at radius 1 is 1.44 bits per heavy atom. The minimum absolute atomic E-state index is 0.0142. The number of sulfone groups is 1. The Balaban J connectivity index is 2.55. The van der Waals surface area contributed by atoms with Crippen molar-refractivity contribution in [2.24, 2.45) is 0 Å². The lowest BCUT2D eigenvalue weighted by molar-refractivity contribution is -0.144. The average molecular weight is 278 g/mol. The van der Waals surface area contributed by atoms with Crippen LogP contribution in [0.3, 0.4) is 0 Å². The van der Waals surface area contributed by atoms with Gasteiger partial charge in [0.25, 0.3) is 0 Å². The van der Waals surface area contributed by atoms with E-state index in [9.17, 15) is 18.0 Å². The number of carbonyl (C=O) groups is 2. The van der Waals surface area contributed by atoms with Crippen molar-refractivity contribution < 1.29 is 23.1 Å². The minimum atomic E-state index is -3.08. The molecule has 18 heavy (non-hydrogen) atoms. The summed E-state index contributed by atoms with van der Waals surface area (Å²) >= 11 is 0. The van der Waals surface area contributed by atoms with Crippen molar-refractivity contribution in [3.05, 3.63) is 0 Å². The van der Waals surface area contributed by atoms with Gasteiger partial charge < -0.3 is 15.3 Å². The quantitative estimate of drug-likeness (QED) is 0.647. The number of hydrogen-bond donors (Lipinski definition) is 2. The van der Waals surface area contributed by atoms with Gasteiger partial charge in [-0.1, -0.05) is 0 Å². The molecule has 2 N–H and O–H groups in total. The minimum Gasteiger partial charge on any atom is -0.480 e. The summed E-state index contributed by atoms with van der Waals surface area (Å²) in [5, 5.41) is 11.6. The molecule has 1 unspecified atom stereocenters. The van der Waals surface area contributed by atoms with Crippen LogP contribution >= 0.6 is 0 Å². The molecule has 0 aromatic heterocycles. The van der Waals surface area contributed by atoms with E-state index in [1.165, 1.54) is 4.90 Å². The summed E-state index contributed by atoms with van der Waals surface area (Å²) in [5.74, 6) is -1.39.